The number of carbonyl (C=O) groups is 1. The first-order valence-corrected chi connectivity index (χ1v) is 4.03. The topological polar surface area (TPSA) is 143 Å². The molecule has 82 valence electrons. The van der Waals surface area contributed by atoms with E-state index in [-0.39, 0.29) is 16.9 Å². The minimum atomic E-state index is -1.96. The molecule has 1 aromatic rings. The third kappa shape index (κ3) is 2.14. The van der Waals surface area contributed by atoms with Crippen molar-refractivity contribution >= 4 is 17.3 Å². The Morgan fingerprint density at radius 1 is 1.33 bits per heavy atom. The average molecular weight is 213 g/mol. The fourth-order valence-corrected chi connectivity index (χ4v) is 1.04. The fraction of sp³-hybridized carbons (Fsp3) is 0.250. The average Bonchev–Trinajstić information content (AvgIpc) is 2.20. The van der Waals surface area contributed by atoms with Crippen LogP contribution < -0.4 is 11.5 Å². The molecule has 1 aromatic heterocycles. The van der Waals surface area contributed by atoms with Crippen molar-refractivity contribution in [2.24, 2.45) is 0 Å². The first-order chi connectivity index (χ1) is 6.95. The van der Waals surface area contributed by atoms with Crippen LogP contribution in [0.3, 0.4) is 0 Å². The van der Waals surface area contributed by atoms with Gasteiger partial charge in [0.15, 0.2) is 6.10 Å². The SMILES string of the molecule is Nc1cncc(C(O)C(O)C(=O)O)c1N. The van der Waals surface area contributed by atoms with E-state index in [2.05, 4.69) is 4.98 Å². The Hall–Kier alpha value is -1.86. The summed E-state index contributed by atoms with van der Waals surface area (Å²) < 4.78 is 0. The molecule has 2 unspecified atom stereocenters. The van der Waals surface area contributed by atoms with Gasteiger partial charge in [0, 0.05) is 11.8 Å². The maximum Gasteiger partial charge on any atom is 0.335 e. The van der Waals surface area contributed by atoms with Crippen molar-refractivity contribution in [3.8, 4) is 0 Å². The van der Waals surface area contributed by atoms with Gasteiger partial charge >= 0.3 is 5.97 Å². The van der Waals surface area contributed by atoms with Crippen LogP contribution in [0.1, 0.15) is 11.7 Å². The molecule has 0 spiro atoms. The van der Waals surface area contributed by atoms with Crippen molar-refractivity contribution in [2.75, 3.05) is 11.5 Å². The van der Waals surface area contributed by atoms with Gasteiger partial charge < -0.3 is 26.8 Å². The van der Waals surface area contributed by atoms with E-state index in [0.717, 1.165) is 6.20 Å². The molecule has 0 radical (unpaired) electrons. The quantitative estimate of drug-likeness (QED) is 0.421. The number of anilines is 2. The molecule has 7 N–H and O–H groups in total. The van der Waals surface area contributed by atoms with E-state index in [1.807, 2.05) is 0 Å². The van der Waals surface area contributed by atoms with E-state index in [0.29, 0.717) is 0 Å². The maximum atomic E-state index is 10.4. The molecule has 7 nitrogen and oxygen atoms in total. The number of aliphatic hydroxyl groups excluding tert-OH is 2. The van der Waals surface area contributed by atoms with Gasteiger partial charge in [-0.15, -0.1) is 0 Å². The Balaban J connectivity index is 3.06. The number of hydrogen-bond acceptors (Lipinski definition) is 6. The Bertz CT molecular complexity index is 382. The van der Waals surface area contributed by atoms with E-state index in [9.17, 15) is 9.90 Å². The Kier molecular flexibility index (Phi) is 3.08. The summed E-state index contributed by atoms with van der Waals surface area (Å²) >= 11 is 0. The molecular weight excluding hydrogens is 202 g/mol. The lowest BCUT2D eigenvalue weighted by Gasteiger charge is -2.16. The van der Waals surface area contributed by atoms with Gasteiger partial charge in [-0.05, 0) is 0 Å². The molecule has 15 heavy (non-hydrogen) atoms. The Morgan fingerprint density at radius 2 is 1.93 bits per heavy atom. The van der Waals surface area contributed by atoms with Crippen LogP contribution in [0.2, 0.25) is 0 Å². The van der Waals surface area contributed by atoms with E-state index in [1.54, 1.807) is 0 Å². The van der Waals surface area contributed by atoms with Crippen molar-refractivity contribution in [3.63, 3.8) is 0 Å². The van der Waals surface area contributed by atoms with Crippen molar-refractivity contribution in [1.82, 2.24) is 4.98 Å². The number of carboxylic acid groups (broad SMARTS) is 1. The summed E-state index contributed by atoms with van der Waals surface area (Å²) in [5, 5.41) is 27.0. The van der Waals surface area contributed by atoms with Crippen LogP contribution >= 0.6 is 0 Å². The van der Waals surface area contributed by atoms with Crippen molar-refractivity contribution < 1.29 is 20.1 Å². The molecule has 7 heteroatoms. The molecule has 1 heterocycles. The first kappa shape index (κ1) is 11.2. The van der Waals surface area contributed by atoms with Gasteiger partial charge in [0.1, 0.15) is 6.10 Å². The second-order valence-electron chi connectivity index (χ2n) is 2.96. The number of hydrogen-bond donors (Lipinski definition) is 5. The zero-order valence-electron chi connectivity index (χ0n) is 7.66. The zero-order valence-corrected chi connectivity index (χ0v) is 7.66. The number of rotatable bonds is 3. The highest BCUT2D eigenvalue weighted by molar-refractivity contribution is 5.75. The highest BCUT2D eigenvalue weighted by Crippen LogP contribution is 2.26. The predicted molar refractivity (Wildman–Crippen MR) is 51.7 cm³/mol. The van der Waals surface area contributed by atoms with Gasteiger partial charge in [-0.1, -0.05) is 0 Å². The van der Waals surface area contributed by atoms with Gasteiger partial charge in [-0.25, -0.2) is 4.79 Å². The molecule has 0 bridgehead atoms. The molecule has 0 aliphatic carbocycles. The van der Waals surface area contributed by atoms with E-state index in [1.165, 1.54) is 6.20 Å². The highest BCUT2D eigenvalue weighted by atomic mass is 16.4. The van der Waals surface area contributed by atoms with Crippen LogP contribution in [0.25, 0.3) is 0 Å². The number of aliphatic hydroxyl groups is 2. The maximum absolute atomic E-state index is 10.4. The van der Waals surface area contributed by atoms with E-state index >= 15 is 0 Å². The van der Waals surface area contributed by atoms with Crippen molar-refractivity contribution in [2.45, 2.75) is 12.2 Å². The number of carboxylic acids is 1. The third-order valence-electron chi connectivity index (χ3n) is 1.92. The normalized spacial score (nSPS) is 14.5. The lowest BCUT2D eigenvalue weighted by atomic mass is 10.0. The van der Waals surface area contributed by atoms with E-state index < -0.39 is 18.2 Å². The van der Waals surface area contributed by atoms with Crippen molar-refractivity contribution in [3.05, 3.63) is 18.0 Å². The van der Waals surface area contributed by atoms with Gasteiger partial charge in [-0.2, -0.15) is 0 Å². The van der Waals surface area contributed by atoms with Crippen LogP contribution in [0.5, 0.6) is 0 Å². The predicted octanol–water partition coefficient (Wildman–Crippen LogP) is -1.28. The highest BCUT2D eigenvalue weighted by Gasteiger charge is 2.27. The van der Waals surface area contributed by atoms with Crippen LogP contribution in [0, 0.1) is 0 Å². The minimum absolute atomic E-state index is 0.00935. The molecular formula is C8H11N3O4. The number of aliphatic carboxylic acids is 1. The largest absolute Gasteiger partial charge is 0.479 e. The second-order valence-corrected chi connectivity index (χ2v) is 2.96. The standard InChI is InChI=1S/C8H11N3O4/c9-4-2-11-1-3(5(4)10)6(12)7(13)8(14)15/h1-2,6-7,12-13H,9H2,(H2,10,11)(H,14,15). The van der Waals surface area contributed by atoms with Gasteiger partial charge in [0.2, 0.25) is 0 Å². The van der Waals surface area contributed by atoms with Gasteiger partial charge in [0.25, 0.3) is 0 Å². The van der Waals surface area contributed by atoms with Gasteiger partial charge in [0.05, 0.1) is 17.6 Å². The van der Waals surface area contributed by atoms with Crippen molar-refractivity contribution in [1.29, 1.82) is 0 Å². The summed E-state index contributed by atoms with van der Waals surface area (Å²) in [4.78, 5) is 14.0. The summed E-state index contributed by atoms with van der Waals surface area (Å²) in [6.45, 7) is 0. The molecule has 0 saturated heterocycles. The molecule has 0 saturated carbocycles. The van der Waals surface area contributed by atoms with Crippen LogP contribution in [-0.4, -0.2) is 32.4 Å². The van der Waals surface area contributed by atoms with E-state index in [4.69, 9.17) is 21.7 Å². The minimum Gasteiger partial charge on any atom is -0.479 e. The van der Waals surface area contributed by atoms with Crippen LogP contribution in [-0.2, 0) is 4.79 Å². The lowest BCUT2D eigenvalue weighted by molar-refractivity contribution is -0.153. The fourth-order valence-electron chi connectivity index (χ4n) is 1.04. The molecule has 0 aromatic carbocycles. The molecule has 0 aliphatic rings. The number of nitrogens with two attached hydrogens (primary N) is 2. The summed E-state index contributed by atoms with van der Waals surface area (Å²) in [7, 11) is 0. The summed E-state index contributed by atoms with van der Waals surface area (Å²) in [5.41, 5.74) is 11.0. The summed E-state index contributed by atoms with van der Waals surface area (Å²) in [6, 6.07) is 0. The molecule has 0 amide bonds. The smallest absolute Gasteiger partial charge is 0.335 e. The zero-order chi connectivity index (χ0) is 11.6. The monoisotopic (exact) mass is 213 g/mol. The summed E-state index contributed by atoms with van der Waals surface area (Å²) in [5.74, 6) is -1.55. The lowest BCUT2D eigenvalue weighted by Crippen LogP contribution is -2.28. The molecule has 1 rings (SSSR count). The number of nitrogen functional groups attached to an aromatic ring is 2. The number of aromatic nitrogens is 1. The van der Waals surface area contributed by atoms with Gasteiger partial charge in [-0.3, -0.25) is 4.98 Å². The second kappa shape index (κ2) is 4.11. The third-order valence-corrected chi connectivity index (χ3v) is 1.92. The van der Waals surface area contributed by atoms with Crippen LogP contribution in [0.4, 0.5) is 11.4 Å². The Morgan fingerprint density at radius 3 is 2.47 bits per heavy atom. The Labute approximate surface area is 85.0 Å². The summed E-state index contributed by atoms with van der Waals surface area (Å²) in [6.07, 6.45) is -1.20. The molecule has 0 aliphatic heterocycles. The number of nitrogens with zero attached hydrogens (tertiary/aromatic N) is 1. The molecule has 2 atom stereocenters. The van der Waals surface area contributed by atoms with Crippen LogP contribution in [0.15, 0.2) is 12.4 Å². The number of pyridine rings is 1. The molecule has 0 fully saturated rings. The first-order valence-electron chi connectivity index (χ1n) is 4.03.